The number of fused-ring (bicyclic) bond motifs is 2. The van der Waals surface area contributed by atoms with E-state index >= 15 is 0 Å². The molecule has 4 heteroatoms. The monoisotopic (exact) mass is 423 g/mol. The fourth-order valence-electron chi connectivity index (χ4n) is 6.22. The molecule has 0 N–H and O–H groups in total. The summed E-state index contributed by atoms with van der Waals surface area (Å²) in [5.74, 6) is 3.37. The molecular weight excluding hydrogens is 376 g/mol. The number of hydrogen-bond acceptors (Lipinski definition) is 3. The smallest absolute Gasteiger partial charge is 0.371 e. The Bertz CT molecular complexity index is 536. The summed E-state index contributed by atoms with van der Waals surface area (Å²) in [6.45, 7) is 19.7. The first-order valence-electron chi connectivity index (χ1n) is 12.4. The molecule has 29 heavy (non-hydrogen) atoms. The molecule has 3 aliphatic carbocycles. The molecule has 3 rings (SSSR count). The summed E-state index contributed by atoms with van der Waals surface area (Å²) in [5, 5.41) is 0. The van der Waals surface area contributed by atoms with Gasteiger partial charge in [0.05, 0.1) is 12.2 Å². The van der Waals surface area contributed by atoms with Gasteiger partial charge in [-0.3, -0.25) is 0 Å². The molecule has 0 saturated heterocycles. The topological polar surface area (TPSA) is 27.7 Å². The van der Waals surface area contributed by atoms with Crippen LogP contribution in [0.3, 0.4) is 0 Å². The van der Waals surface area contributed by atoms with Crippen LogP contribution in [-0.2, 0) is 13.3 Å². The van der Waals surface area contributed by atoms with E-state index in [1.54, 1.807) is 0 Å². The van der Waals surface area contributed by atoms with Crippen molar-refractivity contribution in [2.75, 3.05) is 6.61 Å². The van der Waals surface area contributed by atoms with E-state index in [9.17, 15) is 0 Å². The van der Waals surface area contributed by atoms with Crippen LogP contribution in [0.15, 0.2) is 0 Å². The number of hydrogen-bond donors (Lipinski definition) is 0. The Hall–Kier alpha value is 0.0969. The normalized spacial score (nSPS) is 40.1. The van der Waals surface area contributed by atoms with Crippen molar-refractivity contribution < 1.29 is 13.3 Å². The zero-order valence-electron chi connectivity index (χ0n) is 20.4. The summed E-state index contributed by atoms with van der Waals surface area (Å²) in [7, 11) is -1.73. The molecule has 169 valence electrons. The maximum atomic E-state index is 6.80. The van der Waals surface area contributed by atoms with Gasteiger partial charge in [-0.05, 0) is 72.5 Å². The predicted octanol–water partition coefficient (Wildman–Crippen LogP) is 6.74. The summed E-state index contributed by atoms with van der Waals surface area (Å²) in [4.78, 5) is 0. The van der Waals surface area contributed by atoms with Crippen LogP contribution in [0.1, 0.15) is 100 Å². The fourth-order valence-corrected chi connectivity index (χ4v) is 7.94. The molecule has 0 heterocycles. The summed E-state index contributed by atoms with van der Waals surface area (Å²) in [6, 6.07) is 0. The minimum atomic E-state index is -1.73. The van der Waals surface area contributed by atoms with Gasteiger partial charge in [0.25, 0.3) is 0 Å². The van der Waals surface area contributed by atoms with Crippen LogP contribution in [0.4, 0.5) is 0 Å². The summed E-state index contributed by atoms with van der Waals surface area (Å²) < 4.78 is 20.0. The molecule has 0 aromatic rings. The quantitative estimate of drug-likeness (QED) is 0.384. The minimum Gasteiger partial charge on any atom is -0.371 e. The average Bonchev–Trinajstić information content (AvgIpc) is 2.99. The van der Waals surface area contributed by atoms with Crippen LogP contribution in [0.2, 0.25) is 0 Å². The lowest BCUT2D eigenvalue weighted by molar-refractivity contribution is -0.0550. The third-order valence-electron chi connectivity index (χ3n) is 9.34. The lowest BCUT2D eigenvalue weighted by Crippen LogP contribution is -2.46. The van der Waals surface area contributed by atoms with Crippen molar-refractivity contribution >= 4 is 9.53 Å². The van der Waals surface area contributed by atoms with Crippen molar-refractivity contribution in [2.24, 2.45) is 40.4 Å². The molecule has 7 atom stereocenters. The average molecular weight is 424 g/mol. The van der Waals surface area contributed by atoms with Gasteiger partial charge in [0.2, 0.25) is 0 Å². The third kappa shape index (κ3) is 4.81. The van der Waals surface area contributed by atoms with E-state index in [4.69, 9.17) is 13.3 Å². The minimum absolute atomic E-state index is 0.258. The largest absolute Gasteiger partial charge is 0.578 e. The zero-order valence-corrected chi connectivity index (χ0v) is 21.4. The summed E-state index contributed by atoms with van der Waals surface area (Å²) >= 11 is 0. The van der Waals surface area contributed by atoms with Gasteiger partial charge in [-0.2, -0.15) is 0 Å². The van der Waals surface area contributed by atoms with Gasteiger partial charge in [-0.1, -0.05) is 68.2 Å². The molecule has 1 radical (unpaired) electrons. The molecule has 3 nitrogen and oxygen atoms in total. The van der Waals surface area contributed by atoms with E-state index in [1.807, 2.05) is 0 Å². The Labute approximate surface area is 182 Å². The summed E-state index contributed by atoms with van der Waals surface area (Å²) in [5.41, 5.74) is 0.620. The van der Waals surface area contributed by atoms with E-state index in [0.717, 1.165) is 31.3 Å². The molecule has 0 amide bonds. The Kier molecular flexibility index (Phi) is 7.62. The maximum absolute atomic E-state index is 6.80. The Morgan fingerprint density at radius 1 is 1.00 bits per heavy atom. The van der Waals surface area contributed by atoms with E-state index in [2.05, 4.69) is 55.4 Å². The molecule has 3 fully saturated rings. The lowest BCUT2D eigenvalue weighted by Gasteiger charge is -2.41. The highest BCUT2D eigenvalue weighted by Crippen LogP contribution is 2.66. The van der Waals surface area contributed by atoms with Crippen LogP contribution in [0, 0.1) is 40.4 Å². The van der Waals surface area contributed by atoms with E-state index in [0.29, 0.717) is 35.4 Å². The molecule has 2 bridgehead atoms. The van der Waals surface area contributed by atoms with Crippen LogP contribution >= 0.6 is 0 Å². The lowest BCUT2D eigenvalue weighted by atomic mass is 9.70. The van der Waals surface area contributed by atoms with Crippen LogP contribution in [-0.4, -0.2) is 28.3 Å². The first kappa shape index (κ1) is 23.8. The first-order chi connectivity index (χ1) is 13.6. The van der Waals surface area contributed by atoms with Crippen LogP contribution < -0.4 is 0 Å². The van der Waals surface area contributed by atoms with E-state index in [-0.39, 0.29) is 5.41 Å². The highest BCUT2D eigenvalue weighted by atomic mass is 28.3. The van der Waals surface area contributed by atoms with Crippen molar-refractivity contribution in [1.29, 1.82) is 0 Å². The van der Waals surface area contributed by atoms with Gasteiger partial charge in [-0.25, -0.2) is 0 Å². The molecule has 0 aliphatic heterocycles. The Morgan fingerprint density at radius 2 is 1.72 bits per heavy atom. The molecule has 0 aromatic heterocycles. The van der Waals surface area contributed by atoms with Crippen molar-refractivity contribution in [1.82, 2.24) is 0 Å². The molecule has 7 unspecified atom stereocenters. The van der Waals surface area contributed by atoms with Gasteiger partial charge in [0.15, 0.2) is 0 Å². The van der Waals surface area contributed by atoms with Crippen molar-refractivity contribution in [2.45, 2.75) is 113 Å². The first-order valence-corrected chi connectivity index (χ1v) is 13.6. The van der Waals surface area contributed by atoms with Gasteiger partial charge >= 0.3 is 9.53 Å². The van der Waals surface area contributed by atoms with E-state index in [1.165, 1.54) is 32.1 Å². The van der Waals surface area contributed by atoms with Gasteiger partial charge in [-0.15, -0.1) is 0 Å². The van der Waals surface area contributed by atoms with Crippen LogP contribution in [0.5, 0.6) is 0 Å². The maximum Gasteiger partial charge on any atom is 0.578 e. The van der Waals surface area contributed by atoms with E-state index < -0.39 is 9.53 Å². The summed E-state index contributed by atoms with van der Waals surface area (Å²) in [6.07, 6.45) is 9.31. The van der Waals surface area contributed by atoms with Gasteiger partial charge in [0.1, 0.15) is 0 Å². The van der Waals surface area contributed by atoms with Crippen molar-refractivity contribution in [3.8, 4) is 0 Å². The second-order valence-corrected chi connectivity index (χ2v) is 13.0. The van der Waals surface area contributed by atoms with Gasteiger partial charge in [0, 0.05) is 6.61 Å². The molecule has 3 saturated carbocycles. The van der Waals surface area contributed by atoms with Crippen LogP contribution in [0.25, 0.3) is 0 Å². The SMILES string of the molecule is CCC(C)CO[Si](OC1CC(C)CCC1C(C)C)OC1CC2CCC1(C)C2(C)C. The van der Waals surface area contributed by atoms with Gasteiger partial charge < -0.3 is 13.3 Å². The Morgan fingerprint density at radius 3 is 2.28 bits per heavy atom. The second kappa shape index (κ2) is 9.30. The Balaban J connectivity index is 1.71. The molecular formula is C25H47O3Si. The second-order valence-electron chi connectivity index (χ2n) is 11.8. The number of rotatable bonds is 9. The molecule has 0 spiro atoms. The van der Waals surface area contributed by atoms with Crippen molar-refractivity contribution in [3.63, 3.8) is 0 Å². The van der Waals surface area contributed by atoms with Crippen molar-refractivity contribution in [3.05, 3.63) is 0 Å². The highest BCUT2D eigenvalue weighted by Gasteiger charge is 2.62. The third-order valence-corrected chi connectivity index (χ3v) is 10.7. The zero-order chi connectivity index (χ0) is 21.4. The standard InChI is InChI=1S/C25H47O3Si/c1-9-18(4)16-26-29(27-22-14-19(5)10-11-21(22)17(2)3)28-23-15-20-12-13-25(23,8)24(20,6)7/h17-23H,9-16H2,1-8H3. The molecule has 3 aliphatic rings. The fraction of sp³-hybridized carbons (Fsp3) is 1.00. The molecule has 0 aromatic carbocycles. The predicted molar refractivity (Wildman–Crippen MR) is 121 cm³/mol. The highest BCUT2D eigenvalue weighted by molar-refractivity contribution is 6.36.